The largest absolute Gasteiger partial charge is 0.492 e. The first-order chi connectivity index (χ1) is 10.6. The van der Waals surface area contributed by atoms with Gasteiger partial charge in [0.2, 0.25) is 0 Å². The summed E-state index contributed by atoms with van der Waals surface area (Å²) in [5, 5.41) is 2.87. The second-order valence-electron chi connectivity index (χ2n) is 5.40. The molecule has 1 N–H and O–H groups in total. The van der Waals surface area contributed by atoms with Crippen LogP contribution in [0.5, 0.6) is 5.75 Å². The van der Waals surface area contributed by atoms with Crippen LogP contribution in [-0.2, 0) is 6.42 Å². The molecule has 0 aliphatic carbocycles. The standard InChI is InChI=1S/C19H23NO2/c1-4-16-6-9-18(10-7-16)22-12-11-20-19(21)17-8-5-14(2)15(3)13-17/h5-10,13H,4,11-12H2,1-3H3,(H,20,21). The first-order valence-corrected chi connectivity index (χ1v) is 7.67. The van der Waals surface area contributed by atoms with E-state index in [1.165, 1.54) is 11.1 Å². The molecule has 1 amide bonds. The molecule has 0 heterocycles. The Morgan fingerprint density at radius 2 is 1.77 bits per heavy atom. The number of hydrogen-bond acceptors (Lipinski definition) is 2. The molecule has 22 heavy (non-hydrogen) atoms. The van der Waals surface area contributed by atoms with Gasteiger partial charge in [-0.05, 0) is 61.2 Å². The van der Waals surface area contributed by atoms with Gasteiger partial charge in [-0.15, -0.1) is 0 Å². The molecule has 0 radical (unpaired) electrons. The van der Waals surface area contributed by atoms with Gasteiger partial charge in [0.25, 0.3) is 5.91 Å². The quantitative estimate of drug-likeness (QED) is 0.826. The third-order valence-electron chi connectivity index (χ3n) is 3.76. The van der Waals surface area contributed by atoms with E-state index in [4.69, 9.17) is 4.74 Å². The summed E-state index contributed by atoms with van der Waals surface area (Å²) in [6.07, 6.45) is 1.02. The van der Waals surface area contributed by atoms with E-state index in [-0.39, 0.29) is 5.91 Å². The second kappa shape index (κ2) is 7.64. The Labute approximate surface area is 132 Å². The maximum absolute atomic E-state index is 12.0. The minimum absolute atomic E-state index is 0.0620. The van der Waals surface area contributed by atoms with E-state index < -0.39 is 0 Å². The van der Waals surface area contributed by atoms with Crippen molar-refractivity contribution in [3.05, 3.63) is 64.7 Å². The molecule has 2 aromatic rings. The minimum Gasteiger partial charge on any atom is -0.492 e. The Hall–Kier alpha value is -2.29. The average molecular weight is 297 g/mol. The lowest BCUT2D eigenvalue weighted by Crippen LogP contribution is -2.28. The van der Waals surface area contributed by atoms with E-state index in [9.17, 15) is 4.79 Å². The number of carbonyl (C=O) groups excluding carboxylic acids is 1. The SMILES string of the molecule is CCc1ccc(OCCNC(=O)c2ccc(C)c(C)c2)cc1. The molecule has 3 heteroatoms. The van der Waals surface area contributed by atoms with Gasteiger partial charge in [0.1, 0.15) is 12.4 Å². The average Bonchev–Trinajstić information content (AvgIpc) is 2.54. The lowest BCUT2D eigenvalue weighted by atomic mass is 10.1. The lowest BCUT2D eigenvalue weighted by Gasteiger charge is -2.09. The Morgan fingerprint density at radius 1 is 1.05 bits per heavy atom. The Kier molecular flexibility index (Phi) is 5.59. The fourth-order valence-electron chi connectivity index (χ4n) is 2.14. The number of rotatable bonds is 6. The number of ether oxygens (including phenoxy) is 1. The third kappa shape index (κ3) is 4.35. The summed E-state index contributed by atoms with van der Waals surface area (Å²) in [5.41, 5.74) is 4.29. The summed E-state index contributed by atoms with van der Waals surface area (Å²) < 4.78 is 5.62. The van der Waals surface area contributed by atoms with Gasteiger partial charge in [-0.3, -0.25) is 4.79 Å². The van der Waals surface area contributed by atoms with Gasteiger partial charge in [-0.25, -0.2) is 0 Å². The van der Waals surface area contributed by atoms with Crippen LogP contribution >= 0.6 is 0 Å². The van der Waals surface area contributed by atoms with Gasteiger partial charge in [0.05, 0.1) is 6.54 Å². The smallest absolute Gasteiger partial charge is 0.251 e. The molecule has 3 nitrogen and oxygen atoms in total. The first-order valence-electron chi connectivity index (χ1n) is 7.67. The van der Waals surface area contributed by atoms with Crippen molar-refractivity contribution in [2.24, 2.45) is 0 Å². The maximum Gasteiger partial charge on any atom is 0.251 e. The molecule has 2 aromatic carbocycles. The first kappa shape index (κ1) is 16.1. The maximum atomic E-state index is 12.0. The molecule has 0 fully saturated rings. The highest BCUT2D eigenvalue weighted by atomic mass is 16.5. The Balaban J connectivity index is 1.77. The molecule has 0 aliphatic rings. The van der Waals surface area contributed by atoms with E-state index in [1.807, 2.05) is 44.2 Å². The summed E-state index contributed by atoms with van der Waals surface area (Å²) >= 11 is 0. The molecule has 0 saturated heterocycles. The summed E-state index contributed by atoms with van der Waals surface area (Å²) in [4.78, 5) is 12.0. The van der Waals surface area contributed by atoms with Crippen LogP contribution in [0.4, 0.5) is 0 Å². The normalized spacial score (nSPS) is 10.3. The summed E-state index contributed by atoms with van der Waals surface area (Å²) in [6.45, 7) is 7.12. The van der Waals surface area contributed by atoms with Crippen LogP contribution in [0.1, 0.15) is 34.0 Å². The van der Waals surface area contributed by atoms with Gasteiger partial charge in [0, 0.05) is 5.56 Å². The fraction of sp³-hybridized carbons (Fsp3) is 0.316. The van der Waals surface area contributed by atoms with E-state index in [2.05, 4.69) is 24.4 Å². The van der Waals surface area contributed by atoms with Gasteiger partial charge >= 0.3 is 0 Å². The molecule has 0 bridgehead atoms. The van der Waals surface area contributed by atoms with Crippen molar-refractivity contribution in [3.8, 4) is 5.75 Å². The Bertz CT molecular complexity index is 632. The fourth-order valence-corrected chi connectivity index (χ4v) is 2.14. The van der Waals surface area contributed by atoms with Crippen molar-refractivity contribution >= 4 is 5.91 Å². The van der Waals surface area contributed by atoms with Crippen molar-refractivity contribution in [2.45, 2.75) is 27.2 Å². The molecule has 0 spiro atoms. The second-order valence-corrected chi connectivity index (χ2v) is 5.40. The number of aryl methyl sites for hydroxylation is 3. The predicted molar refractivity (Wildman–Crippen MR) is 89.6 cm³/mol. The summed E-state index contributed by atoms with van der Waals surface area (Å²) in [7, 11) is 0. The summed E-state index contributed by atoms with van der Waals surface area (Å²) in [5.74, 6) is 0.769. The monoisotopic (exact) mass is 297 g/mol. The highest BCUT2D eigenvalue weighted by molar-refractivity contribution is 5.94. The van der Waals surface area contributed by atoms with E-state index in [1.54, 1.807) is 0 Å². The predicted octanol–water partition coefficient (Wildman–Crippen LogP) is 3.67. The molecule has 116 valence electrons. The number of carbonyl (C=O) groups is 1. The zero-order valence-corrected chi connectivity index (χ0v) is 13.5. The van der Waals surface area contributed by atoms with Crippen molar-refractivity contribution in [2.75, 3.05) is 13.2 Å². The Morgan fingerprint density at radius 3 is 2.41 bits per heavy atom. The van der Waals surface area contributed by atoms with Crippen molar-refractivity contribution in [3.63, 3.8) is 0 Å². The molecule has 0 atom stereocenters. The lowest BCUT2D eigenvalue weighted by molar-refractivity contribution is 0.0947. The molecule has 2 rings (SSSR count). The van der Waals surface area contributed by atoms with E-state index in [0.717, 1.165) is 17.7 Å². The van der Waals surface area contributed by atoms with Gasteiger partial charge in [0.15, 0.2) is 0 Å². The minimum atomic E-state index is -0.0620. The van der Waals surface area contributed by atoms with Gasteiger partial charge in [-0.1, -0.05) is 25.1 Å². The number of hydrogen-bond donors (Lipinski definition) is 1. The van der Waals surface area contributed by atoms with E-state index in [0.29, 0.717) is 18.7 Å². The number of amides is 1. The van der Waals surface area contributed by atoms with Gasteiger partial charge in [-0.2, -0.15) is 0 Å². The van der Waals surface area contributed by atoms with Crippen molar-refractivity contribution < 1.29 is 9.53 Å². The topological polar surface area (TPSA) is 38.3 Å². The number of benzene rings is 2. The van der Waals surface area contributed by atoms with Crippen LogP contribution in [0, 0.1) is 13.8 Å². The number of nitrogens with one attached hydrogen (secondary N) is 1. The summed E-state index contributed by atoms with van der Waals surface area (Å²) in [6, 6.07) is 13.8. The van der Waals surface area contributed by atoms with Crippen LogP contribution in [0.25, 0.3) is 0 Å². The van der Waals surface area contributed by atoms with E-state index >= 15 is 0 Å². The van der Waals surface area contributed by atoms with Crippen LogP contribution in [-0.4, -0.2) is 19.1 Å². The van der Waals surface area contributed by atoms with Crippen molar-refractivity contribution in [1.82, 2.24) is 5.32 Å². The third-order valence-corrected chi connectivity index (χ3v) is 3.76. The van der Waals surface area contributed by atoms with Crippen LogP contribution in [0.2, 0.25) is 0 Å². The zero-order chi connectivity index (χ0) is 15.9. The van der Waals surface area contributed by atoms with Crippen molar-refractivity contribution in [1.29, 1.82) is 0 Å². The molecule has 0 aliphatic heterocycles. The van der Waals surface area contributed by atoms with Crippen LogP contribution in [0.15, 0.2) is 42.5 Å². The molecule has 0 aromatic heterocycles. The van der Waals surface area contributed by atoms with Gasteiger partial charge < -0.3 is 10.1 Å². The molecule has 0 unspecified atom stereocenters. The molecular weight excluding hydrogens is 274 g/mol. The molecule has 0 saturated carbocycles. The highest BCUT2D eigenvalue weighted by Crippen LogP contribution is 2.12. The zero-order valence-electron chi connectivity index (χ0n) is 13.5. The van der Waals surface area contributed by atoms with Crippen LogP contribution in [0.3, 0.4) is 0 Å². The highest BCUT2D eigenvalue weighted by Gasteiger charge is 2.05. The molecular formula is C19H23NO2. The van der Waals surface area contributed by atoms with Crippen LogP contribution < -0.4 is 10.1 Å².